The van der Waals surface area contributed by atoms with Crippen molar-refractivity contribution in [2.24, 2.45) is 0 Å². The number of furan rings is 1. The van der Waals surface area contributed by atoms with Gasteiger partial charge in [-0.25, -0.2) is 0 Å². The minimum absolute atomic E-state index is 0.00400. The second-order valence-electron chi connectivity index (χ2n) is 9.20. The predicted molar refractivity (Wildman–Crippen MR) is 140 cm³/mol. The zero-order valence-electron chi connectivity index (χ0n) is 21.3. The maximum atomic E-state index is 13.4. The number of rotatable bonds is 9. The average molecular weight is 516 g/mol. The molecule has 0 spiro atoms. The van der Waals surface area contributed by atoms with Gasteiger partial charge in [0, 0.05) is 12.0 Å². The summed E-state index contributed by atoms with van der Waals surface area (Å²) in [6, 6.07) is 13.1. The molecule has 1 aromatic heterocycles. The van der Waals surface area contributed by atoms with Gasteiger partial charge in [0.25, 0.3) is 11.7 Å². The standard InChI is InChI=1S/C30H29NO7/c1-4-12-37-24-11-8-19(16-25(24)35-5-2)27-26(29(33)30(34)31(27)17-22-7-6-13-36-22)28(32)20-9-10-23-21(15-20)14-18(3)38-23/h4,6-11,13,15-16,18,27,32H,1,5,12,14,17H2,2-3H3/b28-26+/t18-,27-/m1/s1. The number of Topliss-reactive ketones (excluding diaryl/α,β-unsaturated/α-hetero) is 1. The summed E-state index contributed by atoms with van der Waals surface area (Å²) >= 11 is 0. The van der Waals surface area contributed by atoms with Crippen molar-refractivity contribution >= 4 is 17.4 Å². The van der Waals surface area contributed by atoms with Crippen molar-refractivity contribution in [2.45, 2.75) is 39.0 Å². The van der Waals surface area contributed by atoms with Gasteiger partial charge < -0.3 is 28.6 Å². The van der Waals surface area contributed by atoms with Gasteiger partial charge in [0.2, 0.25) is 0 Å². The summed E-state index contributed by atoms with van der Waals surface area (Å²) in [5, 5.41) is 11.5. The number of benzene rings is 2. The fourth-order valence-corrected chi connectivity index (χ4v) is 4.92. The molecule has 1 amide bonds. The molecule has 2 aliphatic rings. The Morgan fingerprint density at radius 3 is 2.74 bits per heavy atom. The molecule has 2 atom stereocenters. The van der Waals surface area contributed by atoms with Crippen molar-refractivity contribution in [3.63, 3.8) is 0 Å². The van der Waals surface area contributed by atoms with E-state index in [9.17, 15) is 14.7 Å². The number of amides is 1. The van der Waals surface area contributed by atoms with Crippen LogP contribution >= 0.6 is 0 Å². The SMILES string of the molecule is C=CCOc1ccc([C@@H]2/C(=C(\O)c3ccc4c(c3)C[C@@H](C)O4)C(=O)C(=O)N2Cc2ccco2)cc1OCC. The quantitative estimate of drug-likeness (QED) is 0.181. The minimum atomic E-state index is -0.879. The number of ether oxygens (including phenoxy) is 3. The molecular formula is C30H29NO7. The Bertz CT molecular complexity index is 1410. The number of nitrogens with zero attached hydrogens (tertiary/aromatic N) is 1. The second-order valence-corrected chi connectivity index (χ2v) is 9.20. The Morgan fingerprint density at radius 1 is 1.16 bits per heavy atom. The molecule has 196 valence electrons. The zero-order chi connectivity index (χ0) is 26.8. The van der Waals surface area contributed by atoms with Gasteiger partial charge in [0.1, 0.15) is 30.0 Å². The molecule has 8 nitrogen and oxygen atoms in total. The first-order chi connectivity index (χ1) is 18.4. The lowest BCUT2D eigenvalue weighted by Gasteiger charge is -2.25. The van der Waals surface area contributed by atoms with E-state index in [1.54, 1.807) is 48.5 Å². The molecule has 0 radical (unpaired) electrons. The smallest absolute Gasteiger partial charge is 0.296 e. The summed E-state index contributed by atoms with van der Waals surface area (Å²) in [4.78, 5) is 28.1. The molecule has 5 rings (SSSR count). The summed E-state index contributed by atoms with van der Waals surface area (Å²) in [5.41, 5.74) is 1.96. The Balaban J connectivity index is 1.63. The number of hydrogen-bond donors (Lipinski definition) is 1. The number of aliphatic hydroxyl groups is 1. The Hall–Kier alpha value is -4.46. The van der Waals surface area contributed by atoms with Crippen LogP contribution in [0.2, 0.25) is 0 Å². The highest BCUT2D eigenvalue weighted by atomic mass is 16.5. The highest BCUT2D eigenvalue weighted by Crippen LogP contribution is 2.43. The molecule has 2 aromatic carbocycles. The molecule has 38 heavy (non-hydrogen) atoms. The van der Waals surface area contributed by atoms with Crippen LogP contribution in [0.5, 0.6) is 17.2 Å². The van der Waals surface area contributed by atoms with Crippen molar-refractivity contribution in [3.8, 4) is 17.2 Å². The lowest BCUT2D eigenvalue weighted by Crippen LogP contribution is -2.29. The van der Waals surface area contributed by atoms with Crippen LogP contribution in [0.25, 0.3) is 5.76 Å². The summed E-state index contributed by atoms with van der Waals surface area (Å²) in [6.07, 6.45) is 3.86. The first-order valence-electron chi connectivity index (χ1n) is 12.5. The van der Waals surface area contributed by atoms with E-state index in [2.05, 4.69) is 6.58 Å². The highest BCUT2D eigenvalue weighted by Gasteiger charge is 2.46. The summed E-state index contributed by atoms with van der Waals surface area (Å²) in [7, 11) is 0. The molecule has 0 unspecified atom stereocenters. The van der Waals surface area contributed by atoms with Gasteiger partial charge in [-0.15, -0.1) is 0 Å². The maximum absolute atomic E-state index is 13.4. The Labute approximate surface area is 220 Å². The van der Waals surface area contributed by atoms with E-state index in [-0.39, 0.29) is 30.6 Å². The largest absolute Gasteiger partial charge is 0.507 e. The molecule has 3 heterocycles. The lowest BCUT2D eigenvalue weighted by atomic mass is 9.94. The Kier molecular flexibility index (Phi) is 6.96. The van der Waals surface area contributed by atoms with Crippen LogP contribution in [-0.4, -0.2) is 41.0 Å². The maximum Gasteiger partial charge on any atom is 0.296 e. The van der Waals surface area contributed by atoms with Crippen LogP contribution in [0.4, 0.5) is 0 Å². The molecule has 0 bridgehead atoms. The lowest BCUT2D eigenvalue weighted by molar-refractivity contribution is -0.140. The molecule has 0 saturated carbocycles. The molecule has 2 aliphatic heterocycles. The van der Waals surface area contributed by atoms with E-state index in [1.165, 1.54) is 11.2 Å². The van der Waals surface area contributed by atoms with Crippen molar-refractivity contribution in [2.75, 3.05) is 13.2 Å². The topological polar surface area (TPSA) is 98.4 Å². The molecule has 1 N–H and O–H groups in total. The first kappa shape index (κ1) is 25.2. The number of carbonyl (C=O) groups is 2. The second kappa shape index (κ2) is 10.5. The number of carbonyl (C=O) groups excluding carboxylic acids is 2. The molecule has 1 fully saturated rings. The van der Waals surface area contributed by atoms with E-state index in [1.807, 2.05) is 19.9 Å². The third kappa shape index (κ3) is 4.65. The summed E-state index contributed by atoms with van der Waals surface area (Å²) < 4.78 is 22.8. The number of likely N-dealkylation sites (tertiary alicyclic amines) is 1. The van der Waals surface area contributed by atoms with Crippen molar-refractivity contribution < 1.29 is 33.3 Å². The molecule has 3 aromatic rings. The molecule has 1 saturated heterocycles. The van der Waals surface area contributed by atoms with Crippen LogP contribution < -0.4 is 14.2 Å². The van der Waals surface area contributed by atoms with Crippen LogP contribution in [0, 0.1) is 0 Å². The third-order valence-electron chi connectivity index (χ3n) is 6.56. The van der Waals surface area contributed by atoms with Crippen molar-refractivity contribution in [1.29, 1.82) is 0 Å². The first-order valence-corrected chi connectivity index (χ1v) is 12.5. The van der Waals surface area contributed by atoms with Gasteiger partial charge >= 0.3 is 0 Å². The van der Waals surface area contributed by atoms with Crippen LogP contribution in [-0.2, 0) is 22.6 Å². The number of fused-ring (bicyclic) bond motifs is 1. The van der Waals surface area contributed by atoms with Crippen LogP contribution in [0.15, 0.2) is 77.4 Å². The van der Waals surface area contributed by atoms with Gasteiger partial charge in [0.05, 0.1) is 31.0 Å². The van der Waals surface area contributed by atoms with Gasteiger partial charge in [-0.3, -0.25) is 9.59 Å². The van der Waals surface area contributed by atoms with Gasteiger partial charge in [0.15, 0.2) is 11.5 Å². The van der Waals surface area contributed by atoms with Crippen molar-refractivity contribution in [3.05, 3.63) is 95.5 Å². The number of hydrogen-bond acceptors (Lipinski definition) is 7. The zero-order valence-corrected chi connectivity index (χ0v) is 21.3. The molecular weight excluding hydrogens is 486 g/mol. The van der Waals surface area contributed by atoms with E-state index < -0.39 is 17.7 Å². The molecule has 0 aliphatic carbocycles. The average Bonchev–Trinajstić information content (AvgIpc) is 3.62. The van der Waals surface area contributed by atoms with Crippen LogP contribution in [0.3, 0.4) is 0 Å². The highest BCUT2D eigenvalue weighted by molar-refractivity contribution is 6.46. The fraction of sp³-hybridized carbons (Fsp3) is 0.267. The monoisotopic (exact) mass is 515 g/mol. The summed E-state index contributed by atoms with van der Waals surface area (Å²) in [6.45, 7) is 8.23. The van der Waals surface area contributed by atoms with Gasteiger partial charge in [-0.1, -0.05) is 18.7 Å². The Morgan fingerprint density at radius 2 is 2.00 bits per heavy atom. The van der Waals surface area contributed by atoms with Crippen molar-refractivity contribution in [1.82, 2.24) is 4.90 Å². The number of aliphatic hydroxyl groups excluding tert-OH is 1. The van der Waals surface area contributed by atoms with E-state index in [0.29, 0.717) is 41.4 Å². The number of ketones is 1. The van der Waals surface area contributed by atoms with Crippen LogP contribution in [0.1, 0.15) is 42.3 Å². The van der Waals surface area contributed by atoms with Gasteiger partial charge in [-0.2, -0.15) is 0 Å². The predicted octanol–water partition coefficient (Wildman–Crippen LogP) is 5.19. The van der Waals surface area contributed by atoms with Gasteiger partial charge in [-0.05, 0) is 67.4 Å². The summed E-state index contributed by atoms with van der Waals surface area (Å²) in [5.74, 6) is 0.481. The minimum Gasteiger partial charge on any atom is -0.507 e. The van der Waals surface area contributed by atoms with E-state index in [0.717, 1.165) is 11.3 Å². The normalized spacial score (nSPS) is 19.8. The molecule has 8 heteroatoms. The van der Waals surface area contributed by atoms with E-state index >= 15 is 0 Å². The fourth-order valence-electron chi connectivity index (χ4n) is 4.92. The van der Waals surface area contributed by atoms with E-state index in [4.69, 9.17) is 18.6 Å². The third-order valence-corrected chi connectivity index (χ3v) is 6.56.